The van der Waals surface area contributed by atoms with E-state index in [9.17, 15) is 14.4 Å². The maximum atomic E-state index is 14.3. The van der Waals surface area contributed by atoms with Gasteiger partial charge in [0.2, 0.25) is 0 Å². The molecule has 206 valence electrons. The van der Waals surface area contributed by atoms with Gasteiger partial charge in [-0.25, -0.2) is 14.4 Å². The molecule has 2 saturated heterocycles. The van der Waals surface area contributed by atoms with Crippen molar-refractivity contribution >= 4 is 16.9 Å². The molecular weight excluding hydrogens is 511 g/mol. The number of aromatic amines is 1. The first-order valence-electron chi connectivity index (χ1n) is 13.8. The molecule has 40 heavy (non-hydrogen) atoms. The first-order chi connectivity index (χ1) is 19.6. The molecular formula is C29H31FN8O2. The van der Waals surface area contributed by atoms with Gasteiger partial charge in [-0.05, 0) is 43.9 Å². The van der Waals surface area contributed by atoms with Crippen LogP contribution in [-0.4, -0.2) is 79.3 Å². The highest BCUT2D eigenvalue weighted by atomic mass is 19.1. The Morgan fingerprint density at radius 3 is 2.80 bits per heavy atom. The van der Waals surface area contributed by atoms with Crippen molar-refractivity contribution in [2.75, 3.05) is 32.7 Å². The number of nitrogens with one attached hydrogen (secondary N) is 1. The number of rotatable bonds is 8. The van der Waals surface area contributed by atoms with E-state index in [0.29, 0.717) is 37.4 Å². The van der Waals surface area contributed by atoms with Gasteiger partial charge in [0.1, 0.15) is 29.6 Å². The summed E-state index contributed by atoms with van der Waals surface area (Å²) in [4.78, 5) is 28.6. The number of ether oxygens (including phenoxy) is 1. The highest BCUT2D eigenvalue weighted by Gasteiger charge is 2.26. The lowest BCUT2D eigenvalue weighted by Crippen LogP contribution is -2.41. The van der Waals surface area contributed by atoms with E-state index in [4.69, 9.17) is 4.74 Å². The van der Waals surface area contributed by atoms with Gasteiger partial charge >= 0.3 is 0 Å². The quantitative estimate of drug-likeness (QED) is 0.355. The number of piperidine rings is 1. The number of benzene rings is 1. The van der Waals surface area contributed by atoms with Crippen LogP contribution in [0.1, 0.15) is 48.5 Å². The lowest BCUT2D eigenvalue weighted by atomic mass is 10.1. The molecule has 0 bridgehead atoms. The summed E-state index contributed by atoms with van der Waals surface area (Å²) in [7, 11) is 0. The van der Waals surface area contributed by atoms with Gasteiger partial charge in [0, 0.05) is 67.7 Å². The molecule has 0 saturated carbocycles. The van der Waals surface area contributed by atoms with E-state index >= 15 is 0 Å². The molecule has 1 aromatic carbocycles. The maximum Gasteiger partial charge on any atom is 0.254 e. The third-order valence-corrected chi connectivity index (χ3v) is 7.75. The van der Waals surface area contributed by atoms with Crippen LogP contribution in [0.25, 0.3) is 22.3 Å². The zero-order valence-electron chi connectivity index (χ0n) is 22.2. The minimum atomic E-state index is -0.463. The zero-order chi connectivity index (χ0) is 27.5. The van der Waals surface area contributed by atoms with Crippen LogP contribution in [0.4, 0.5) is 4.39 Å². The molecule has 4 aromatic rings. The topological polar surface area (TPSA) is 116 Å². The average molecular weight is 543 g/mol. The molecule has 2 aliphatic heterocycles. The van der Waals surface area contributed by atoms with Crippen LogP contribution in [0.15, 0.2) is 49.2 Å². The number of amides is 1. The predicted molar refractivity (Wildman–Crippen MR) is 146 cm³/mol. The fourth-order valence-corrected chi connectivity index (χ4v) is 5.67. The number of carbonyl (C=O) groups is 1. The number of fused-ring (bicyclic) bond motifs is 1. The Morgan fingerprint density at radius 1 is 1.18 bits per heavy atom. The van der Waals surface area contributed by atoms with Crippen molar-refractivity contribution in [1.82, 2.24) is 34.5 Å². The van der Waals surface area contributed by atoms with Gasteiger partial charge in [-0.3, -0.25) is 9.48 Å². The molecule has 1 unspecified atom stereocenters. The second-order valence-corrected chi connectivity index (χ2v) is 10.5. The van der Waals surface area contributed by atoms with Crippen molar-refractivity contribution < 1.29 is 13.9 Å². The van der Waals surface area contributed by atoms with Gasteiger partial charge in [-0.1, -0.05) is 0 Å². The molecule has 11 heteroatoms. The average Bonchev–Trinajstić information content (AvgIpc) is 3.75. The fourth-order valence-electron chi connectivity index (χ4n) is 5.67. The van der Waals surface area contributed by atoms with Crippen LogP contribution in [0.5, 0.6) is 5.75 Å². The Morgan fingerprint density at radius 2 is 2.00 bits per heavy atom. The minimum Gasteiger partial charge on any atom is -0.490 e. The van der Waals surface area contributed by atoms with Crippen molar-refractivity contribution in [2.45, 2.75) is 44.2 Å². The van der Waals surface area contributed by atoms with Crippen LogP contribution < -0.4 is 4.74 Å². The van der Waals surface area contributed by atoms with E-state index in [0.717, 1.165) is 61.1 Å². The third kappa shape index (κ3) is 5.53. The largest absolute Gasteiger partial charge is 0.490 e. The summed E-state index contributed by atoms with van der Waals surface area (Å²) in [5, 5.41) is 15.0. The first kappa shape index (κ1) is 26.0. The van der Waals surface area contributed by atoms with Crippen molar-refractivity contribution in [3.05, 3.63) is 60.6 Å². The molecule has 3 aromatic heterocycles. The van der Waals surface area contributed by atoms with Crippen LogP contribution in [0.3, 0.4) is 0 Å². The molecule has 0 spiro atoms. The van der Waals surface area contributed by atoms with Gasteiger partial charge in [0.05, 0.1) is 30.4 Å². The van der Waals surface area contributed by atoms with Gasteiger partial charge in [0.15, 0.2) is 0 Å². The van der Waals surface area contributed by atoms with Crippen LogP contribution in [-0.2, 0) is 0 Å². The summed E-state index contributed by atoms with van der Waals surface area (Å²) in [5.41, 5.74) is 2.78. The summed E-state index contributed by atoms with van der Waals surface area (Å²) in [6, 6.07) is 8.44. The SMILES string of the molecule is N#CCC(CN1CCC(Oc2cc(F)cc(C(=O)N3CCCC3)c2)CC1)n1cc(-c2ncnc3[nH]ccc23)cn1. The molecule has 5 heterocycles. The molecule has 6 rings (SSSR count). The van der Waals surface area contributed by atoms with E-state index in [1.54, 1.807) is 17.2 Å². The number of hydrogen-bond acceptors (Lipinski definition) is 7. The molecule has 0 radical (unpaired) electrons. The summed E-state index contributed by atoms with van der Waals surface area (Å²) >= 11 is 0. The minimum absolute atomic E-state index is 0.0694. The Bertz CT molecular complexity index is 1530. The standard InChI is InChI=1S/C29H31FN8O2/c30-22-13-20(29(39)37-9-1-2-10-37)14-25(15-22)40-24-5-11-36(12-6-24)18-23(3-7-31)38-17-21(16-35-38)27-26-4-8-32-28(26)34-19-33-27/h4,8,13-17,19,23-24H,1-3,5-6,9-12,18H2,(H,32,33,34). The van der Waals surface area contributed by atoms with Gasteiger partial charge in [0.25, 0.3) is 5.91 Å². The molecule has 2 aliphatic rings. The summed E-state index contributed by atoms with van der Waals surface area (Å²) in [5.74, 6) is -0.206. The highest BCUT2D eigenvalue weighted by Crippen LogP contribution is 2.27. The van der Waals surface area contributed by atoms with Gasteiger partial charge in [-0.2, -0.15) is 10.4 Å². The summed E-state index contributed by atoms with van der Waals surface area (Å²) in [6.45, 7) is 3.68. The highest BCUT2D eigenvalue weighted by molar-refractivity contribution is 5.94. The Hall–Kier alpha value is -4.30. The predicted octanol–water partition coefficient (Wildman–Crippen LogP) is 4.19. The normalized spacial score (nSPS) is 17.2. The van der Waals surface area contributed by atoms with E-state index in [1.807, 2.05) is 23.1 Å². The molecule has 1 amide bonds. The number of nitriles is 1. The van der Waals surface area contributed by atoms with Crippen LogP contribution >= 0.6 is 0 Å². The molecule has 1 N–H and O–H groups in total. The zero-order valence-corrected chi connectivity index (χ0v) is 22.2. The van der Waals surface area contributed by atoms with Gasteiger partial charge in [-0.15, -0.1) is 0 Å². The summed E-state index contributed by atoms with van der Waals surface area (Å²) < 4.78 is 22.3. The van der Waals surface area contributed by atoms with Crippen molar-refractivity contribution in [3.8, 4) is 23.1 Å². The number of halogens is 1. The van der Waals surface area contributed by atoms with Gasteiger partial charge < -0.3 is 19.5 Å². The van der Waals surface area contributed by atoms with E-state index in [2.05, 4.69) is 31.0 Å². The number of H-pyrrole nitrogens is 1. The number of nitrogens with zero attached hydrogens (tertiary/aromatic N) is 7. The molecule has 2 fully saturated rings. The molecule has 10 nitrogen and oxygen atoms in total. The first-order valence-corrected chi connectivity index (χ1v) is 13.8. The Kier molecular flexibility index (Phi) is 7.42. The number of carbonyl (C=O) groups excluding carboxylic acids is 1. The van der Waals surface area contributed by atoms with Crippen LogP contribution in [0.2, 0.25) is 0 Å². The number of likely N-dealkylation sites (tertiary alicyclic amines) is 2. The second-order valence-electron chi connectivity index (χ2n) is 10.5. The maximum absolute atomic E-state index is 14.3. The summed E-state index contributed by atoms with van der Waals surface area (Å²) in [6.07, 6.45) is 10.8. The lowest BCUT2D eigenvalue weighted by Gasteiger charge is -2.34. The van der Waals surface area contributed by atoms with E-state index in [-0.39, 0.29) is 18.1 Å². The van der Waals surface area contributed by atoms with Crippen molar-refractivity contribution in [1.29, 1.82) is 5.26 Å². The second kappa shape index (κ2) is 11.4. The smallest absolute Gasteiger partial charge is 0.254 e. The van der Waals surface area contributed by atoms with E-state index < -0.39 is 5.82 Å². The Balaban J connectivity index is 1.07. The van der Waals surface area contributed by atoms with Crippen LogP contribution in [0, 0.1) is 17.1 Å². The fraction of sp³-hybridized carbons (Fsp3) is 0.414. The number of aromatic nitrogens is 5. The number of hydrogen-bond donors (Lipinski definition) is 1. The van der Waals surface area contributed by atoms with Crippen molar-refractivity contribution in [2.24, 2.45) is 0 Å². The lowest BCUT2D eigenvalue weighted by molar-refractivity contribution is 0.0787. The van der Waals surface area contributed by atoms with E-state index in [1.165, 1.54) is 18.5 Å². The molecule has 0 aliphatic carbocycles. The third-order valence-electron chi connectivity index (χ3n) is 7.75. The molecule has 1 atom stereocenters. The Labute approximate surface area is 231 Å². The van der Waals surface area contributed by atoms with Crippen molar-refractivity contribution in [3.63, 3.8) is 0 Å². The monoisotopic (exact) mass is 542 g/mol.